The van der Waals surface area contributed by atoms with E-state index >= 15 is 0 Å². The van der Waals surface area contributed by atoms with Gasteiger partial charge in [0.2, 0.25) is 0 Å². The minimum atomic E-state index is -0.942. The first kappa shape index (κ1) is 16.7. The van der Waals surface area contributed by atoms with Crippen molar-refractivity contribution in [3.05, 3.63) is 83.7 Å². The lowest BCUT2D eigenvalue weighted by atomic mass is 10.0. The second-order valence-electron chi connectivity index (χ2n) is 6.18. The van der Waals surface area contributed by atoms with Gasteiger partial charge in [-0.1, -0.05) is 12.1 Å². The predicted molar refractivity (Wildman–Crippen MR) is 105 cm³/mol. The largest absolute Gasteiger partial charge is 0.478 e. The van der Waals surface area contributed by atoms with Crippen LogP contribution in [0, 0.1) is 6.92 Å². The zero-order valence-electron chi connectivity index (χ0n) is 14.6. The third-order valence-electron chi connectivity index (χ3n) is 4.29. The second kappa shape index (κ2) is 6.88. The molecule has 0 aliphatic heterocycles. The first-order chi connectivity index (χ1) is 13.1. The van der Waals surface area contributed by atoms with E-state index in [9.17, 15) is 4.79 Å². The normalized spacial score (nSPS) is 11.3. The van der Waals surface area contributed by atoms with Gasteiger partial charge in [-0.3, -0.25) is 9.98 Å². The molecule has 27 heavy (non-hydrogen) atoms. The lowest BCUT2D eigenvalue weighted by Crippen LogP contribution is -1.96. The van der Waals surface area contributed by atoms with Gasteiger partial charge in [-0.15, -0.1) is 0 Å². The van der Waals surface area contributed by atoms with E-state index < -0.39 is 5.97 Å². The van der Waals surface area contributed by atoms with E-state index in [2.05, 4.69) is 9.98 Å². The van der Waals surface area contributed by atoms with E-state index in [1.54, 1.807) is 30.6 Å². The maximum Gasteiger partial charge on any atom is 0.335 e. The standard InChI is InChI=1S/C22H16N2O3/c1-14-11-16(22(25)26)4-7-19(14)21-9-6-18(27-21)13-24-17-5-8-20-15(12-17)3-2-10-23-20/h2-13H,1H3,(H,25,26). The Hall–Kier alpha value is -3.73. The van der Waals surface area contributed by atoms with Crippen LogP contribution in [0.2, 0.25) is 0 Å². The summed E-state index contributed by atoms with van der Waals surface area (Å²) in [4.78, 5) is 19.8. The van der Waals surface area contributed by atoms with Crippen molar-refractivity contribution >= 4 is 28.8 Å². The lowest BCUT2D eigenvalue weighted by Gasteiger charge is -2.03. The summed E-state index contributed by atoms with van der Waals surface area (Å²) in [6.45, 7) is 1.86. The summed E-state index contributed by atoms with van der Waals surface area (Å²) in [5.41, 5.74) is 3.70. The summed E-state index contributed by atoms with van der Waals surface area (Å²) < 4.78 is 5.85. The molecule has 0 bridgehead atoms. The molecule has 2 aromatic carbocycles. The van der Waals surface area contributed by atoms with E-state index in [4.69, 9.17) is 9.52 Å². The Morgan fingerprint density at radius 2 is 2.00 bits per heavy atom. The zero-order chi connectivity index (χ0) is 18.8. The molecule has 0 saturated heterocycles. The molecule has 0 radical (unpaired) electrons. The number of nitrogens with zero attached hydrogens (tertiary/aromatic N) is 2. The van der Waals surface area contributed by atoms with Crippen LogP contribution in [0.5, 0.6) is 0 Å². The Morgan fingerprint density at radius 3 is 2.81 bits per heavy atom. The molecule has 0 spiro atoms. The number of pyridine rings is 1. The highest BCUT2D eigenvalue weighted by atomic mass is 16.4. The third-order valence-corrected chi connectivity index (χ3v) is 4.29. The molecular formula is C22H16N2O3. The van der Waals surface area contributed by atoms with Gasteiger partial charge < -0.3 is 9.52 Å². The Kier molecular flexibility index (Phi) is 4.26. The van der Waals surface area contributed by atoms with E-state index in [0.717, 1.165) is 27.7 Å². The van der Waals surface area contributed by atoms with Crippen LogP contribution < -0.4 is 0 Å². The number of rotatable bonds is 4. The van der Waals surface area contributed by atoms with Gasteiger partial charge in [0.15, 0.2) is 0 Å². The molecule has 2 heterocycles. The minimum Gasteiger partial charge on any atom is -0.478 e. The molecule has 4 rings (SSSR count). The van der Waals surface area contributed by atoms with Gasteiger partial charge in [0.05, 0.1) is 23.0 Å². The van der Waals surface area contributed by atoms with Crippen molar-refractivity contribution in [2.75, 3.05) is 0 Å². The molecule has 0 amide bonds. The van der Waals surface area contributed by atoms with Crippen molar-refractivity contribution in [3.8, 4) is 11.3 Å². The molecule has 0 aliphatic rings. The molecule has 5 heteroatoms. The van der Waals surface area contributed by atoms with Gasteiger partial charge in [-0.05, 0) is 61.0 Å². The quantitative estimate of drug-likeness (QED) is 0.507. The summed E-state index contributed by atoms with van der Waals surface area (Å²) in [5, 5.41) is 10.1. The molecule has 0 aliphatic carbocycles. The summed E-state index contributed by atoms with van der Waals surface area (Å²) in [5.74, 6) is 0.356. The minimum absolute atomic E-state index is 0.260. The number of aromatic nitrogens is 1. The van der Waals surface area contributed by atoms with E-state index in [0.29, 0.717) is 11.5 Å². The molecule has 5 nitrogen and oxygen atoms in total. The molecule has 132 valence electrons. The molecule has 0 unspecified atom stereocenters. The average Bonchev–Trinajstić information content (AvgIpc) is 3.14. The molecule has 0 saturated carbocycles. The Morgan fingerprint density at radius 1 is 1.11 bits per heavy atom. The highest BCUT2D eigenvalue weighted by molar-refractivity contribution is 5.89. The number of benzene rings is 2. The number of hydrogen-bond acceptors (Lipinski definition) is 4. The van der Waals surface area contributed by atoms with Crippen LogP contribution in [-0.2, 0) is 0 Å². The number of carbonyl (C=O) groups is 1. The number of carboxylic acids is 1. The van der Waals surface area contributed by atoms with Crippen LogP contribution >= 0.6 is 0 Å². The number of carboxylic acid groups (broad SMARTS) is 1. The number of hydrogen-bond donors (Lipinski definition) is 1. The molecule has 2 aromatic heterocycles. The number of fused-ring (bicyclic) bond motifs is 1. The molecule has 0 fully saturated rings. The summed E-state index contributed by atoms with van der Waals surface area (Å²) in [7, 11) is 0. The fraction of sp³-hybridized carbons (Fsp3) is 0.0455. The Balaban J connectivity index is 1.58. The van der Waals surface area contributed by atoms with Gasteiger partial charge in [0, 0.05) is 17.1 Å². The lowest BCUT2D eigenvalue weighted by molar-refractivity contribution is 0.0697. The second-order valence-corrected chi connectivity index (χ2v) is 6.18. The van der Waals surface area contributed by atoms with E-state index in [-0.39, 0.29) is 5.56 Å². The van der Waals surface area contributed by atoms with Crippen LogP contribution in [0.4, 0.5) is 5.69 Å². The van der Waals surface area contributed by atoms with Crippen molar-refractivity contribution in [1.29, 1.82) is 0 Å². The smallest absolute Gasteiger partial charge is 0.335 e. The van der Waals surface area contributed by atoms with Crippen LogP contribution in [0.3, 0.4) is 0 Å². The average molecular weight is 356 g/mol. The fourth-order valence-electron chi connectivity index (χ4n) is 2.92. The van der Waals surface area contributed by atoms with Gasteiger partial charge in [-0.25, -0.2) is 4.79 Å². The maximum absolute atomic E-state index is 11.1. The van der Waals surface area contributed by atoms with Crippen LogP contribution in [0.1, 0.15) is 21.7 Å². The number of aryl methyl sites for hydroxylation is 1. The molecule has 1 N–H and O–H groups in total. The fourth-order valence-corrected chi connectivity index (χ4v) is 2.92. The number of aliphatic imine (C=N–C) groups is 1. The third kappa shape index (κ3) is 3.48. The highest BCUT2D eigenvalue weighted by Crippen LogP contribution is 2.26. The van der Waals surface area contributed by atoms with Gasteiger partial charge in [-0.2, -0.15) is 0 Å². The van der Waals surface area contributed by atoms with Crippen molar-refractivity contribution in [1.82, 2.24) is 4.98 Å². The predicted octanol–water partition coefficient (Wildman–Crippen LogP) is 5.25. The highest BCUT2D eigenvalue weighted by Gasteiger charge is 2.10. The van der Waals surface area contributed by atoms with Crippen LogP contribution in [0.25, 0.3) is 22.2 Å². The number of furan rings is 1. The first-order valence-corrected chi connectivity index (χ1v) is 8.43. The summed E-state index contributed by atoms with van der Waals surface area (Å²) in [6, 6.07) is 18.4. The van der Waals surface area contributed by atoms with Crippen molar-refractivity contribution in [2.24, 2.45) is 4.99 Å². The van der Waals surface area contributed by atoms with Crippen LogP contribution in [-0.4, -0.2) is 22.3 Å². The summed E-state index contributed by atoms with van der Waals surface area (Å²) >= 11 is 0. The first-order valence-electron chi connectivity index (χ1n) is 8.43. The van der Waals surface area contributed by atoms with Gasteiger partial charge >= 0.3 is 5.97 Å². The van der Waals surface area contributed by atoms with E-state index in [1.807, 2.05) is 49.4 Å². The monoisotopic (exact) mass is 356 g/mol. The van der Waals surface area contributed by atoms with Crippen LogP contribution in [0.15, 0.2) is 76.3 Å². The van der Waals surface area contributed by atoms with Crippen molar-refractivity contribution in [3.63, 3.8) is 0 Å². The van der Waals surface area contributed by atoms with Crippen molar-refractivity contribution in [2.45, 2.75) is 6.92 Å². The van der Waals surface area contributed by atoms with Crippen molar-refractivity contribution < 1.29 is 14.3 Å². The molecular weight excluding hydrogens is 340 g/mol. The summed E-state index contributed by atoms with van der Waals surface area (Å²) in [6.07, 6.45) is 3.43. The Bertz CT molecular complexity index is 1180. The van der Waals surface area contributed by atoms with Gasteiger partial charge in [0.1, 0.15) is 11.5 Å². The topological polar surface area (TPSA) is 75.7 Å². The molecule has 0 atom stereocenters. The number of aromatic carboxylic acids is 1. The van der Waals surface area contributed by atoms with E-state index in [1.165, 1.54) is 0 Å². The zero-order valence-corrected chi connectivity index (χ0v) is 14.6. The van der Waals surface area contributed by atoms with Gasteiger partial charge in [0.25, 0.3) is 0 Å². The Labute approximate surface area is 155 Å². The maximum atomic E-state index is 11.1. The SMILES string of the molecule is Cc1cc(C(=O)O)ccc1-c1ccc(C=Nc2ccc3ncccc3c2)o1. The molecule has 4 aromatic rings.